The number of fused-ring (bicyclic) bond motifs is 1. The summed E-state index contributed by atoms with van der Waals surface area (Å²) in [5, 5.41) is 2.99. The Kier molecular flexibility index (Phi) is 7.52. The van der Waals surface area contributed by atoms with E-state index in [0.29, 0.717) is 27.9 Å². The highest BCUT2D eigenvalue weighted by Crippen LogP contribution is 2.26. The van der Waals surface area contributed by atoms with Crippen molar-refractivity contribution in [1.29, 1.82) is 0 Å². The molecule has 4 rings (SSSR count). The Morgan fingerprint density at radius 3 is 2.66 bits per heavy atom. The van der Waals surface area contributed by atoms with Crippen molar-refractivity contribution in [2.24, 2.45) is 0 Å². The number of anilines is 1. The van der Waals surface area contributed by atoms with Crippen molar-refractivity contribution in [1.82, 2.24) is 15.3 Å². The van der Waals surface area contributed by atoms with Crippen LogP contribution in [0.1, 0.15) is 21.6 Å². The van der Waals surface area contributed by atoms with Gasteiger partial charge in [0.2, 0.25) is 0 Å². The number of pyridine rings is 1. The van der Waals surface area contributed by atoms with Crippen LogP contribution in [0.5, 0.6) is 0 Å². The maximum atomic E-state index is 12.9. The lowest BCUT2D eigenvalue weighted by molar-refractivity contribution is -0.107. The van der Waals surface area contributed by atoms with Crippen LogP contribution < -0.4 is 10.0 Å². The van der Waals surface area contributed by atoms with Gasteiger partial charge in [0.25, 0.3) is 15.9 Å². The summed E-state index contributed by atoms with van der Waals surface area (Å²) in [4.78, 5) is 31.2. The molecule has 0 radical (unpaired) electrons. The van der Waals surface area contributed by atoms with Gasteiger partial charge in [-0.1, -0.05) is 48.5 Å². The molecular formula is C25H24N4O4S2. The van der Waals surface area contributed by atoms with Crippen molar-refractivity contribution in [2.45, 2.75) is 23.0 Å². The number of carbonyl (C=O) groups is 2. The van der Waals surface area contributed by atoms with Gasteiger partial charge >= 0.3 is 0 Å². The normalized spacial score (nSPS) is 12.3. The number of thioether (sulfide) groups is 1. The standard InChI is InChI=1S/C25H24N4O4S2/c1-17-7-6-12-26-25(17)35(32,33)29-21-11-5-10-19-13-22(28-23(19)21)24(31)27-14-20(15-30)34-16-18-8-3-2-4-9-18/h2-13,15,20,28-29H,14,16H2,1H3,(H,27,31). The van der Waals surface area contributed by atoms with Gasteiger partial charge in [0.15, 0.2) is 5.03 Å². The van der Waals surface area contributed by atoms with Gasteiger partial charge in [-0.15, -0.1) is 11.8 Å². The molecule has 0 spiro atoms. The third-order valence-electron chi connectivity index (χ3n) is 5.28. The maximum Gasteiger partial charge on any atom is 0.279 e. The molecule has 2 aromatic carbocycles. The van der Waals surface area contributed by atoms with E-state index in [1.54, 1.807) is 43.3 Å². The molecule has 4 aromatic rings. The highest BCUT2D eigenvalue weighted by atomic mass is 32.2. The van der Waals surface area contributed by atoms with E-state index < -0.39 is 15.3 Å². The van der Waals surface area contributed by atoms with Gasteiger partial charge in [0.1, 0.15) is 12.0 Å². The number of benzene rings is 2. The second kappa shape index (κ2) is 10.7. The molecule has 0 aliphatic rings. The molecule has 8 nitrogen and oxygen atoms in total. The van der Waals surface area contributed by atoms with E-state index >= 15 is 0 Å². The van der Waals surface area contributed by atoms with Crippen LogP contribution in [0.3, 0.4) is 0 Å². The van der Waals surface area contributed by atoms with Crippen LogP contribution in [0.25, 0.3) is 10.9 Å². The molecular weight excluding hydrogens is 484 g/mol. The van der Waals surface area contributed by atoms with Crippen molar-refractivity contribution in [3.8, 4) is 0 Å². The minimum atomic E-state index is -3.92. The summed E-state index contributed by atoms with van der Waals surface area (Å²) in [6.07, 6.45) is 2.25. The molecule has 0 bridgehead atoms. The van der Waals surface area contributed by atoms with Crippen LogP contribution in [0.4, 0.5) is 5.69 Å². The number of hydrogen-bond acceptors (Lipinski definition) is 6. The largest absolute Gasteiger partial charge is 0.349 e. The Hall–Kier alpha value is -3.63. The Balaban J connectivity index is 1.46. The Labute approximate surface area is 207 Å². The van der Waals surface area contributed by atoms with Crippen molar-refractivity contribution < 1.29 is 18.0 Å². The number of aromatic amines is 1. The lowest BCUT2D eigenvalue weighted by Gasteiger charge is -2.11. The minimum absolute atomic E-state index is 0.0607. The van der Waals surface area contributed by atoms with Gasteiger partial charge in [0.05, 0.1) is 16.5 Å². The van der Waals surface area contributed by atoms with Gasteiger partial charge in [-0.3, -0.25) is 9.52 Å². The van der Waals surface area contributed by atoms with E-state index in [9.17, 15) is 18.0 Å². The number of nitrogens with one attached hydrogen (secondary N) is 3. The zero-order valence-corrected chi connectivity index (χ0v) is 20.5. The lowest BCUT2D eigenvalue weighted by atomic mass is 10.2. The summed E-state index contributed by atoms with van der Waals surface area (Å²) in [6.45, 7) is 1.84. The quantitative estimate of drug-likeness (QED) is 0.279. The Morgan fingerprint density at radius 1 is 1.11 bits per heavy atom. The summed E-state index contributed by atoms with van der Waals surface area (Å²) >= 11 is 1.45. The lowest BCUT2D eigenvalue weighted by Crippen LogP contribution is -2.31. The van der Waals surface area contributed by atoms with E-state index in [1.807, 2.05) is 30.3 Å². The summed E-state index contributed by atoms with van der Waals surface area (Å²) in [7, 11) is -3.92. The first-order valence-corrected chi connectivity index (χ1v) is 13.4. The smallest absolute Gasteiger partial charge is 0.279 e. The second-order valence-corrected chi connectivity index (χ2v) is 10.7. The van der Waals surface area contributed by atoms with Crippen LogP contribution >= 0.6 is 11.8 Å². The molecule has 0 saturated carbocycles. The fraction of sp³-hybridized carbons (Fsp3) is 0.160. The average Bonchev–Trinajstić information content (AvgIpc) is 3.30. The van der Waals surface area contributed by atoms with Crippen LogP contribution in [-0.4, -0.2) is 42.4 Å². The molecule has 1 atom stereocenters. The van der Waals surface area contributed by atoms with E-state index in [2.05, 4.69) is 20.0 Å². The summed E-state index contributed by atoms with van der Waals surface area (Å²) in [5.41, 5.74) is 2.66. The predicted octanol–water partition coefficient (Wildman–Crippen LogP) is 3.90. The van der Waals surface area contributed by atoms with E-state index in [4.69, 9.17) is 0 Å². The van der Waals surface area contributed by atoms with Gasteiger partial charge in [-0.25, -0.2) is 4.98 Å². The maximum absolute atomic E-state index is 12.9. The minimum Gasteiger partial charge on any atom is -0.349 e. The number of aldehydes is 1. The average molecular weight is 509 g/mol. The summed E-state index contributed by atoms with van der Waals surface area (Å²) in [6, 6.07) is 19.8. The molecule has 180 valence electrons. The van der Waals surface area contributed by atoms with Crippen molar-refractivity contribution in [3.05, 3.63) is 89.7 Å². The first-order chi connectivity index (χ1) is 16.9. The van der Waals surface area contributed by atoms with E-state index in [-0.39, 0.29) is 23.2 Å². The van der Waals surface area contributed by atoms with Crippen molar-refractivity contribution in [3.63, 3.8) is 0 Å². The number of nitrogens with zero attached hydrogens (tertiary/aromatic N) is 1. The molecule has 1 amide bonds. The van der Waals surface area contributed by atoms with Crippen LogP contribution in [0.15, 0.2) is 78.0 Å². The van der Waals surface area contributed by atoms with Gasteiger partial charge in [-0.05, 0) is 36.2 Å². The highest BCUT2D eigenvalue weighted by molar-refractivity contribution is 7.99. The number of hydrogen-bond donors (Lipinski definition) is 3. The first-order valence-electron chi connectivity index (χ1n) is 10.8. The molecule has 2 heterocycles. The van der Waals surface area contributed by atoms with Crippen molar-refractivity contribution >= 4 is 50.6 Å². The zero-order chi connectivity index (χ0) is 24.8. The number of aryl methyl sites for hydroxylation is 1. The monoisotopic (exact) mass is 508 g/mol. The van der Waals surface area contributed by atoms with Crippen LogP contribution in [-0.2, 0) is 20.6 Å². The van der Waals surface area contributed by atoms with Crippen LogP contribution in [0.2, 0.25) is 0 Å². The number of amides is 1. The molecule has 0 aliphatic carbocycles. The number of aromatic nitrogens is 2. The molecule has 0 saturated heterocycles. The second-order valence-electron chi connectivity index (χ2n) is 7.86. The third-order valence-corrected chi connectivity index (χ3v) is 7.91. The number of rotatable bonds is 10. The summed E-state index contributed by atoms with van der Waals surface area (Å²) in [5.74, 6) is 0.272. The van der Waals surface area contributed by atoms with Gasteiger partial charge in [0, 0.05) is 23.9 Å². The molecule has 0 fully saturated rings. The predicted molar refractivity (Wildman–Crippen MR) is 138 cm³/mol. The number of H-pyrrole nitrogens is 1. The molecule has 10 heteroatoms. The molecule has 3 N–H and O–H groups in total. The first kappa shape index (κ1) is 24.5. The number of para-hydroxylation sites is 1. The topological polar surface area (TPSA) is 121 Å². The number of sulfonamides is 1. The van der Waals surface area contributed by atoms with Crippen molar-refractivity contribution in [2.75, 3.05) is 11.3 Å². The SMILES string of the molecule is Cc1cccnc1S(=O)(=O)Nc1cccc2cc(C(=O)NCC(C=O)SCc3ccccc3)[nH]c12. The molecule has 1 unspecified atom stereocenters. The fourth-order valence-corrected chi connectivity index (χ4v) is 5.65. The summed E-state index contributed by atoms with van der Waals surface area (Å²) < 4.78 is 28.3. The fourth-order valence-electron chi connectivity index (χ4n) is 3.52. The Morgan fingerprint density at radius 2 is 1.91 bits per heavy atom. The highest BCUT2D eigenvalue weighted by Gasteiger charge is 2.21. The van der Waals surface area contributed by atoms with Crippen LogP contribution in [0, 0.1) is 6.92 Å². The molecule has 2 aromatic heterocycles. The van der Waals surface area contributed by atoms with E-state index in [1.165, 1.54) is 18.0 Å². The van der Waals surface area contributed by atoms with Gasteiger partial charge in [-0.2, -0.15) is 8.42 Å². The Bertz CT molecular complexity index is 1450. The van der Waals surface area contributed by atoms with E-state index in [0.717, 1.165) is 11.8 Å². The number of carbonyl (C=O) groups excluding carboxylic acids is 2. The molecule has 0 aliphatic heterocycles. The van der Waals surface area contributed by atoms with Gasteiger partial charge < -0.3 is 15.1 Å². The molecule has 35 heavy (non-hydrogen) atoms. The third kappa shape index (κ3) is 5.90. The zero-order valence-electron chi connectivity index (χ0n) is 18.9.